The summed E-state index contributed by atoms with van der Waals surface area (Å²) in [7, 11) is 0. The summed E-state index contributed by atoms with van der Waals surface area (Å²) in [4.78, 5) is 14.4. The Morgan fingerprint density at radius 3 is 2.68 bits per heavy atom. The number of carbonyl (C=O) groups is 1. The number of piperidine rings is 1. The smallest absolute Gasteiger partial charge is 0.234 e. The normalized spacial score (nSPS) is 30.2. The van der Waals surface area contributed by atoms with Gasteiger partial charge in [0.05, 0.1) is 6.54 Å². The molecule has 0 bridgehead atoms. The molecule has 2 atom stereocenters. The van der Waals surface area contributed by atoms with Crippen molar-refractivity contribution in [3.63, 3.8) is 0 Å². The lowest BCUT2D eigenvalue weighted by molar-refractivity contribution is -0.124. The Bertz CT molecular complexity index is 289. The summed E-state index contributed by atoms with van der Waals surface area (Å²) < 4.78 is 0. The van der Waals surface area contributed by atoms with Crippen LogP contribution in [0.4, 0.5) is 0 Å². The molecule has 2 aliphatic rings. The van der Waals surface area contributed by atoms with E-state index in [1.165, 1.54) is 25.7 Å². The van der Waals surface area contributed by atoms with Crippen molar-refractivity contribution in [3.8, 4) is 0 Å². The maximum Gasteiger partial charge on any atom is 0.234 e. The largest absolute Gasteiger partial charge is 0.352 e. The summed E-state index contributed by atoms with van der Waals surface area (Å²) in [6.07, 6.45) is 8.48. The third kappa shape index (κ3) is 4.46. The minimum Gasteiger partial charge on any atom is -0.352 e. The molecule has 4 heteroatoms. The second-order valence-electron chi connectivity index (χ2n) is 6.39. The lowest BCUT2D eigenvalue weighted by atomic mass is 9.92. The van der Waals surface area contributed by atoms with E-state index in [0.717, 1.165) is 31.7 Å². The van der Waals surface area contributed by atoms with Crippen LogP contribution in [0.5, 0.6) is 0 Å². The van der Waals surface area contributed by atoms with E-state index in [9.17, 15) is 4.79 Å². The predicted molar refractivity (Wildman–Crippen MR) is 77.8 cm³/mol. The molecule has 0 aromatic rings. The third-order valence-corrected chi connectivity index (χ3v) is 4.69. The number of likely N-dealkylation sites (tertiary alicyclic amines) is 1. The first-order valence-electron chi connectivity index (χ1n) is 7.92. The van der Waals surface area contributed by atoms with E-state index in [1.807, 2.05) is 0 Å². The van der Waals surface area contributed by atoms with Gasteiger partial charge < -0.3 is 11.1 Å². The Labute approximate surface area is 117 Å². The number of carbonyl (C=O) groups excluding carboxylic acids is 1. The zero-order valence-electron chi connectivity index (χ0n) is 12.2. The second-order valence-corrected chi connectivity index (χ2v) is 6.39. The van der Waals surface area contributed by atoms with Crippen LogP contribution in [0.25, 0.3) is 0 Å². The molecule has 0 aromatic heterocycles. The zero-order chi connectivity index (χ0) is 13.7. The SMILES string of the molecule is CC1CCN(CC(=O)NC2CCCCC2)C(CN)C1. The Balaban J connectivity index is 1.77. The standard InChI is InChI=1S/C15H29N3O/c1-12-7-8-18(14(9-12)10-16)11-15(19)17-13-5-3-2-4-6-13/h12-14H,2-11,16H2,1H3,(H,17,19). The maximum atomic E-state index is 12.1. The maximum absolute atomic E-state index is 12.1. The Morgan fingerprint density at radius 1 is 1.26 bits per heavy atom. The number of rotatable bonds is 4. The van der Waals surface area contributed by atoms with Crippen LogP contribution in [0.15, 0.2) is 0 Å². The number of amides is 1. The Hall–Kier alpha value is -0.610. The summed E-state index contributed by atoms with van der Waals surface area (Å²) in [5.74, 6) is 0.936. The van der Waals surface area contributed by atoms with Gasteiger partial charge >= 0.3 is 0 Å². The fourth-order valence-corrected chi connectivity index (χ4v) is 3.46. The molecule has 0 radical (unpaired) electrons. The van der Waals surface area contributed by atoms with Gasteiger partial charge in [0, 0.05) is 18.6 Å². The van der Waals surface area contributed by atoms with Gasteiger partial charge in [-0.3, -0.25) is 9.69 Å². The quantitative estimate of drug-likeness (QED) is 0.811. The van der Waals surface area contributed by atoms with Crippen LogP contribution in [-0.2, 0) is 4.79 Å². The average molecular weight is 267 g/mol. The third-order valence-electron chi connectivity index (χ3n) is 4.69. The Kier molecular flexibility index (Phi) is 5.64. The van der Waals surface area contributed by atoms with Crippen LogP contribution in [0.2, 0.25) is 0 Å². The topological polar surface area (TPSA) is 58.4 Å². The van der Waals surface area contributed by atoms with Gasteiger partial charge in [0.2, 0.25) is 5.91 Å². The summed E-state index contributed by atoms with van der Waals surface area (Å²) in [5, 5.41) is 3.20. The second kappa shape index (κ2) is 7.25. The summed E-state index contributed by atoms with van der Waals surface area (Å²) >= 11 is 0. The zero-order valence-corrected chi connectivity index (χ0v) is 12.2. The van der Waals surface area contributed by atoms with Crippen molar-refractivity contribution in [2.45, 2.75) is 64.0 Å². The summed E-state index contributed by atoms with van der Waals surface area (Å²) in [6.45, 7) is 4.50. The highest BCUT2D eigenvalue weighted by Gasteiger charge is 2.27. The van der Waals surface area contributed by atoms with Gasteiger partial charge in [0.25, 0.3) is 0 Å². The van der Waals surface area contributed by atoms with Crippen LogP contribution in [0, 0.1) is 5.92 Å². The number of nitrogens with two attached hydrogens (primary N) is 1. The molecule has 19 heavy (non-hydrogen) atoms. The highest BCUT2D eigenvalue weighted by molar-refractivity contribution is 5.78. The van der Waals surface area contributed by atoms with Crippen LogP contribution >= 0.6 is 0 Å². The fraction of sp³-hybridized carbons (Fsp3) is 0.933. The molecule has 110 valence electrons. The molecule has 0 aromatic carbocycles. The van der Waals surface area contributed by atoms with Crippen molar-refractivity contribution >= 4 is 5.91 Å². The first kappa shape index (κ1) is 14.8. The number of nitrogens with one attached hydrogen (secondary N) is 1. The van der Waals surface area contributed by atoms with Crippen LogP contribution < -0.4 is 11.1 Å². The van der Waals surface area contributed by atoms with Crippen molar-refractivity contribution in [2.75, 3.05) is 19.6 Å². The van der Waals surface area contributed by atoms with Crippen molar-refractivity contribution < 1.29 is 4.79 Å². The van der Waals surface area contributed by atoms with Crippen molar-refractivity contribution in [1.82, 2.24) is 10.2 Å². The Morgan fingerprint density at radius 2 is 2.00 bits per heavy atom. The van der Waals surface area contributed by atoms with E-state index in [-0.39, 0.29) is 5.91 Å². The predicted octanol–water partition coefficient (Wildman–Crippen LogP) is 1.49. The molecule has 4 nitrogen and oxygen atoms in total. The molecular formula is C15H29N3O. The highest BCUT2D eigenvalue weighted by Crippen LogP contribution is 2.22. The molecule has 2 unspecified atom stereocenters. The van der Waals surface area contributed by atoms with Crippen molar-refractivity contribution in [2.24, 2.45) is 11.7 Å². The van der Waals surface area contributed by atoms with Crippen molar-refractivity contribution in [1.29, 1.82) is 0 Å². The van der Waals surface area contributed by atoms with E-state index >= 15 is 0 Å². The van der Waals surface area contributed by atoms with E-state index in [2.05, 4.69) is 17.1 Å². The van der Waals surface area contributed by atoms with Gasteiger partial charge in [-0.25, -0.2) is 0 Å². The van der Waals surface area contributed by atoms with E-state index in [4.69, 9.17) is 5.73 Å². The molecule has 1 heterocycles. The van der Waals surface area contributed by atoms with Gasteiger partial charge in [0.1, 0.15) is 0 Å². The van der Waals surface area contributed by atoms with Gasteiger partial charge in [-0.15, -0.1) is 0 Å². The molecule has 1 saturated carbocycles. The molecule has 2 rings (SSSR count). The highest BCUT2D eigenvalue weighted by atomic mass is 16.2. The lowest BCUT2D eigenvalue weighted by Crippen LogP contribution is -2.51. The molecule has 1 saturated heterocycles. The van der Waals surface area contributed by atoms with Crippen LogP contribution in [0.1, 0.15) is 51.9 Å². The first-order valence-corrected chi connectivity index (χ1v) is 7.92. The summed E-state index contributed by atoms with van der Waals surface area (Å²) in [6, 6.07) is 0.808. The number of nitrogens with zero attached hydrogens (tertiary/aromatic N) is 1. The van der Waals surface area contributed by atoms with E-state index in [0.29, 0.717) is 25.2 Å². The molecular weight excluding hydrogens is 238 g/mol. The van der Waals surface area contributed by atoms with Gasteiger partial charge in [-0.2, -0.15) is 0 Å². The summed E-state index contributed by atoms with van der Waals surface area (Å²) in [5.41, 5.74) is 5.84. The van der Waals surface area contributed by atoms with Crippen LogP contribution in [0.3, 0.4) is 0 Å². The minimum absolute atomic E-state index is 0.194. The monoisotopic (exact) mass is 267 g/mol. The fourth-order valence-electron chi connectivity index (χ4n) is 3.46. The molecule has 1 amide bonds. The number of hydrogen-bond acceptors (Lipinski definition) is 3. The van der Waals surface area contributed by atoms with Gasteiger partial charge in [0.15, 0.2) is 0 Å². The average Bonchev–Trinajstić information content (AvgIpc) is 2.42. The van der Waals surface area contributed by atoms with Crippen molar-refractivity contribution in [3.05, 3.63) is 0 Å². The van der Waals surface area contributed by atoms with Gasteiger partial charge in [-0.05, 0) is 38.1 Å². The molecule has 2 fully saturated rings. The lowest BCUT2D eigenvalue weighted by Gasteiger charge is -2.37. The number of hydrogen-bond donors (Lipinski definition) is 2. The molecule has 1 aliphatic carbocycles. The minimum atomic E-state index is 0.194. The van der Waals surface area contributed by atoms with E-state index < -0.39 is 0 Å². The molecule has 0 spiro atoms. The van der Waals surface area contributed by atoms with Crippen LogP contribution in [-0.4, -0.2) is 42.5 Å². The molecule has 3 N–H and O–H groups in total. The van der Waals surface area contributed by atoms with Gasteiger partial charge in [-0.1, -0.05) is 26.2 Å². The molecule has 1 aliphatic heterocycles. The first-order chi connectivity index (χ1) is 9.19. The van der Waals surface area contributed by atoms with E-state index in [1.54, 1.807) is 0 Å².